The molecule has 1 amide bonds. The smallest absolute Gasteiger partial charge is 0.266 e. The zero-order valence-corrected chi connectivity index (χ0v) is 15.4. The second-order valence-corrected chi connectivity index (χ2v) is 7.32. The van der Waals surface area contributed by atoms with Gasteiger partial charge in [-0.2, -0.15) is 10.2 Å². The third-order valence-electron chi connectivity index (χ3n) is 4.90. The van der Waals surface area contributed by atoms with Crippen molar-refractivity contribution in [3.05, 3.63) is 58.4 Å². The number of amides is 1. The van der Waals surface area contributed by atoms with Crippen molar-refractivity contribution < 1.29 is 4.79 Å². The molecule has 1 fully saturated rings. The summed E-state index contributed by atoms with van der Waals surface area (Å²) >= 11 is 0. The maximum Gasteiger partial charge on any atom is 0.266 e. The van der Waals surface area contributed by atoms with Gasteiger partial charge in [0.05, 0.1) is 24.5 Å². The summed E-state index contributed by atoms with van der Waals surface area (Å²) in [5.74, 6) is 0.338. The lowest BCUT2D eigenvalue weighted by Crippen LogP contribution is -2.44. The summed E-state index contributed by atoms with van der Waals surface area (Å²) in [6.45, 7) is 4.35. The molecule has 1 aliphatic carbocycles. The monoisotopic (exact) mass is 366 g/mol. The normalized spacial score (nSPS) is 15.2. The summed E-state index contributed by atoms with van der Waals surface area (Å²) in [5, 5.41) is 11.7. The van der Waals surface area contributed by atoms with E-state index in [0.29, 0.717) is 23.7 Å². The number of aromatic nitrogens is 5. The van der Waals surface area contributed by atoms with Crippen LogP contribution in [0.15, 0.2) is 41.6 Å². The topological polar surface area (TPSA) is 94.2 Å². The minimum Gasteiger partial charge on any atom is -0.347 e. The molecule has 0 radical (unpaired) electrons. The molecular formula is C19H22N6O2. The van der Waals surface area contributed by atoms with Gasteiger partial charge in [0.2, 0.25) is 0 Å². The van der Waals surface area contributed by atoms with Crippen molar-refractivity contribution in [3.63, 3.8) is 0 Å². The van der Waals surface area contributed by atoms with Crippen LogP contribution in [0.1, 0.15) is 48.7 Å². The highest BCUT2D eigenvalue weighted by atomic mass is 16.2. The minimum atomic E-state index is -0.256. The molecule has 1 N–H and O–H groups in total. The van der Waals surface area contributed by atoms with Gasteiger partial charge in [-0.15, -0.1) is 0 Å². The molecule has 3 heterocycles. The van der Waals surface area contributed by atoms with Crippen molar-refractivity contribution in [1.29, 1.82) is 0 Å². The summed E-state index contributed by atoms with van der Waals surface area (Å²) in [4.78, 5) is 29.2. The Labute approximate surface area is 156 Å². The highest BCUT2D eigenvalue weighted by molar-refractivity contribution is 5.99. The summed E-state index contributed by atoms with van der Waals surface area (Å²) < 4.78 is 3.03. The van der Waals surface area contributed by atoms with Crippen molar-refractivity contribution in [3.8, 4) is 0 Å². The van der Waals surface area contributed by atoms with Crippen LogP contribution in [0.25, 0.3) is 5.65 Å². The first-order valence-corrected chi connectivity index (χ1v) is 9.20. The summed E-state index contributed by atoms with van der Waals surface area (Å²) in [6, 6.07) is 4.89. The fourth-order valence-corrected chi connectivity index (χ4v) is 3.04. The lowest BCUT2D eigenvalue weighted by molar-refractivity contribution is 0.0920. The molecule has 0 aliphatic heterocycles. The number of hydrogen-bond donors (Lipinski definition) is 1. The fourth-order valence-electron chi connectivity index (χ4n) is 3.04. The third kappa shape index (κ3) is 3.60. The maximum atomic E-state index is 12.8. The van der Waals surface area contributed by atoms with Gasteiger partial charge in [-0.25, -0.2) is 14.2 Å². The molecule has 8 heteroatoms. The van der Waals surface area contributed by atoms with Gasteiger partial charge in [0.1, 0.15) is 5.56 Å². The van der Waals surface area contributed by atoms with Gasteiger partial charge in [-0.1, -0.05) is 13.8 Å². The molecule has 4 rings (SSSR count). The molecule has 3 aromatic rings. The van der Waals surface area contributed by atoms with Gasteiger partial charge < -0.3 is 5.32 Å². The standard InChI is InChI=1S/C19H22N6O2/c1-12(2)16(11-25-17(26)7-6-15(23-25)13-4-5-13)22-19(27)14-10-21-24-9-3-8-20-18(14)24/h3,6-10,12-13,16H,4-5,11H2,1-2H3,(H,22,27)/t16-/m0/s1. The van der Waals surface area contributed by atoms with Crippen LogP contribution in [-0.2, 0) is 6.54 Å². The second kappa shape index (κ2) is 6.94. The van der Waals surface area contributed by atoms with Gasteiger partial charge in [0, 0.05) is 24.4 Å². The van der Waals surface area contributed by atoms with E-state index in [-0.39, 0.29) is 23.4 Å². The van der Waals surface area contributed by atoms with Gasteiger partial charge in [-0.05, 0) is 30.9 Å². The van der Waals surface area contributed by atoms with E-state index in [1.54, 1.807) is 29.0 Å². The van der Waals surface area contributed by atoms with Crippen molar-refractivity contribution in [2.75, 3.05) is 0 Å². The molecule has 27 heavy (non-hydrogen) atoms. The Morgan fingerprint density at radius 2 is 2.15 bits per heavy atom. The van der Waals surface area contributed by atoms with Crippen LogP contribution >= 0.6 is 0 Å². The van der Waals surface area contributed by atoms with Crippen molar-refractivity contribution in [2.45, 2.75) is 45.2 Å². The summed E-state index contributed by atoms with van der Waals surface area (Å²) in [6.07, 6.45) is 7.12. The highest BCUT2D eigenvalue weighted by Gasteiger charge is 2.26. The number of nitrogens with one attached hydrogen (secondary N) is 1. The average Bonchev–Trinajstić information content (AvgIpc) is 3.41. The van der Waals surface area contributed by atoms with Crippen LogP contribution in [0.2, 0.25) is 0 Å². The number of rotatable bonds is 6. The van der Waals surface area contributed by atoms with Crippen LogP contribution in [-0.4, -0.2) is 36.3 Å². The fraction of sp³-hybridized carbons (Fsp3) is 0.421. The molecule has 0 unspecified atom stereocenters. The molecule has 0 bridgehead atoms. The number of carbonyl (C=O) groups excluding carboxylic acids is 1. The highest BCUT2D eigenvalue weighted by Crippen LogP contribution is 2.38. The second-order valence-electron chi connectivity index (χ2n) is 7.32. The van der Waals surface area contributed by atoms with E-state index in [4.69, 9.17) is 0 Å². The molecule has 1 aliphatic rings. The number of hydrogen-bond acceptors (Lipinski definition) is 5. The lowest BCUT2D eigenvalue weighted by atomic mass is 10.0. The Balaban J connectivity index is 1.55. The van der Waals surface area contributed by atoms with Gasteiger partial charge in [0.15, 0.2) is 5.65 Å². The van der Waals surface area contributed by atoms with Gasteiger partial charge in [-0.3, -0.25) is 9.59 Å². The van der Waals surface area contributed by atoms with Gasteiger partial charge in [0.25, 0.3) is 11.5 Å². The van der Waals surface area contributed by atoms with E-state index >= 15 is 0 Å². The van der Waals surface area contributed by atoms with Crippen LogP contribution in [0, 0.1) is 5.92 Å². The molecule has 8 nitrogen and oxygen atoms in total. The Bertz CT molecular complexity index is 1030. The van der Waals surface area contributed by atoms with Crippen LogP contribution in [0.5, 0.6) is 0 Å². The molecule has 0 aromatic carbocycles. The van der Waals surface area contributed by atoms with E-state index in [2.05, 4.69) is 20.5 Å². The van der Waals surface area contributed by atoms with Crippen molar-refractivity contribution in [2.24, 2.45) is 5.92 Å². The Kier molecular flexibility index (Phi) is 4.47. The number of fused-ring (bicyclic) bond motifs is 1. The van der Waals surface area contributed by atoms with E-state index < -0.39 is 0 Å². The Morgan fingerprint density at radius 3 is 2.89 bits per heavy atom. The number of nitrogens with zero attached hydrogens (tertiary/aromatic N) is 5. The SMILES string of the molecule is CC(C)[C@H](Cn1nc(C2CC2)ccc1=O)NC(=O)c1cnn2cccnc12. The molecular weight excluding hydrogens is 344 g/mol. The van der Waals surface area contributed by atoms with E-state index in [1.165, 1.54) is 10.9 Å². The zero-order chi connectivity index (χ0) is 19.0. The number of carbonyl (C=O) groups is 1. The van der Waals surface area contributed by atoms with Crippen LogP contribution in [0.4, 0.5) is 0 Å². The largest absolute Gasteiger partial charge is 0.347 e. The van der Waals surface area contributed by atoms with E-state index in [1.807, 2.05) is 19.9 Å². The lowest BCUT2D eigenvalue weighted by Gasteiger charge is -2.22. The molecule has 140 valence electrons. The van der Waals surface area contributed by atoms with Crippen molar-refractivity contribution in [1.82, 2.24) is 29.7 Å². The average molecular weight is 366 g/mol. The van der Waals surface area contributed by atoms with E-state index in [9.17, 15) is 9.59 Å². The summed E-state index contributed by atoms with van der Waals surface area (Å²) in [7, 11) is 0. The Hall–Kier alpha value is -3.03. The Morgan fingerprint density at radius 1 is 1.33 bits per heavy atom. The van der Waals surface area contributed by atoms with Crippen molar-refractivity contribution >= 4 is 11.6 Å². The molecule has 3 aromatic heterocycles. The van der Waals surface area contributed by atoms with Crippen LogP contribution in [0.3, 0.4) is 0 Å². The predicted octanol–water partition coefficient (Wildman–Crippen LogP) is 1.62. The molecule has 1 saturated carbocycles. The zero-order valence-electron chi connectivity index (χ0n) is 15.4. The minimum absolute atomic E-state index is 0.127. The van der Waals surface area contributed by atoms with Gasteiger partial charge >= 0.3 is 0 Å². The van der Waals surface area contributed by atoms with E-state index in [0.717, 1.165) is 18.5 Å². The molecule has 0 spiro atoms. The first-order valence-electron chi connectivity index (χ1n) is 9.20. The van der Waals surface area contributed by atoms with Crippen LogP contribution < -0.4 is 10.9 Å². The summed E-state index contributed by atoms with van der Waals surface area (Å²) in [5.41, 5.74) is 1.71. The molecule has 1 atom stereocenters. The molecule has 0 saturated heterocycles. The predicted molar refractivity (Wildman–Crippen MR) is 99.6 cm³/mol. The first kappa shape index (κ1) is 17.4. The maximum absolute atomic E-state index is 12.8. The first-order chi connectivity index (χ1) is 13.0. The third-order valence-corrected chi connectivity index (χ3v) is 4.90. The quantitative estimate of drug-likeness (QED) is 0.715.